The largest absolute Gasteiger partial charge is 0.457 e. The Morgan fingerprint density at radius 2 is 1.84 bits per heavy atom. The average Bonchev–Trinajstić information content (AvgIpc) is 2.48. The van der Waals surface area contributed by atoms with Gasteiger partial charge < -0.3 is 4.74 Å². The summed E-state index contributed by atoms with van der Waals surface area (Å²) in [6, 6.07) is 16.7. The number of benzene rings is 2. The van der Waals surface area contributed by atoms with E-state index < -0.39 is 0 Å². The van der Waals surface area contributed by atoms with E-state index >= 15 is 0 Å². The number of pyridine rings is 1. The fraction of sp³-hybridized carbons (Fsp3) is 0. The Morgan fingerprint density at radius 1 is 1.00 bits per heavy atom. The van der Waals surface area contributed by atoms with Gasteiger partial charge in [0.25, 0.3) is 0 Å². The normalized spacial score (nSPS) is 10.3. The number of aromatic nitrogens is 1. The molecule has 1 aromatic heterocycles. The molecule has 0 aliphatic carbocycles. The zero-order valence-corrected chi connectivity index (χ0v) is 10.1. The van der Waals surface area contributed by atoms with Crippen molar-refractivity contribution in [2.75, 3.05) is 0 Å². The topological polar surface area (TPSA) is 39.2 Å². The van der Waals surface area contributed by atoms with Gasteiger partial charge in [0.2, 0.25) is 0 Å². The van der Waals surface area contributed by atoms with E-state index in [-0.39, 0.29) is 0 Å². The molecule has 19 heavy (non-hydrogen) atoms. The Hall–Kier alpha value is -2.68. The van der Waals surface area contributed by atoms with E-state index in [0.717, 1.165) is 22.9 Å². The minimum atomic E-state index is 0.610. The third-order valence-electron chi connectivity index (χ3n) is 2.83. The molecule has 0 amide bonds. The Morgan fingerprint density at radius 3 is 2.63 bits per heavy atom. The highest BCUT2D eigenvalue weighted by Crippen LogP contribution is 2.28. The number of carbonyl (C=O) groups excluding carboxylic acids is 1. The van der Waals surface area contributed by atoms with Gasteiger partial charge in [-0.05, 0) is 36.4 Å². The second-order valence-corrected chi connectivity index (χ2v) is 4.12. The Labute approximate surface area is 110 Å². The van der Waals surface area contributed by atoms with Crippen LogP contribution in [0.15, 0.2) is 60.8 Å². The number of para-hydroxylation sites is 1. The molecule has 0 radical (unpaired) electrons. The van der Waals surface area contributed by atoms with Crippen molar-refractivity contribution in [1.29, 1.82) is 0 Å². The maximum absolute atomic E-state index is 10.9. The average molecular weight is 249 g/mol. The zero-order valence-electron chi connectivity index (χ0n) is 10.1. The van der Waals surface area contributed by atoms with Crippen molar-refractivity contribution in [3.05, 3.63) is 66.4 Å². The third kappa shape index (κ3) is 2.31. The van der Waals surface area contributed by atoms with Gasteiger partial charge in [-0.25, -0.2) is 0 Å². The summed E-state index contributed by atoms with van der Waals surface area (Å²) >= 11 is 0. The summed E-state index contributed by atoms with van der Waals surface area (Å²) in [6.45, 7) is 0. The van der Waals surface area contributed by atoms with Gasteiger partial charge in [0, 0.05) is 17.1 Å². The van der Waals surface area contributed by atoms with E-state index in [1.807, 2.05) is 36.4 Å². The molecule has 3 heteroatoms. The molecule has 0 N–H and O–H groups in total. The molecule has 1 heterocycles. The lowest BCUT2D eigenvalue weighted by molar-refractivity contribution is 0.112. The van der Waals surface area contributed by atoms with E-state index in [1.54, 1.807) is 24.4 Å². The van der Waals surface area contributed by atoms with Gasteiger partial charge in [0.15, 0.2) is 0 Å². The maximum Gasteiger partial charge on any atom is 0.150 e. The summed E-state index contributed by atoms with van der Waals surface area (Å²) in [7, 11) is 0. The summed E-state index contributed by atoms with van der Waals surface area (Å²) in [5.74, 6) is 1.45. The molecular formula is C16H11NO2. The standard InChI is InChI=1S/C16H11NO2/c18-11-12-6-7-15-14(10-12)16(8-9-17-15)19-13-4-2-1-3-5-13/h1-11H. The second kappa shape index (κ2) is 4.90. The van der Waals surface area contributed by atoms with E-state index in [4.69, 9.17) is 4.74 Å². The second-order valence-electron chi connectivity index (χ2n) is 4.12. The van der Waals surface area contributed by atoms with Crippen molar-refractivity contribution in [1.82, 2.24) is 4.98 Å². The molecule has 0 unspecified atom stereocenters. The van der Waals surface area contributed by atoms with Crippen LogP contribution in [0.1, 0.15) is 10.4 Å². The predicted molar refractivity (Wildman–Crippen MR) is 73.6 cm³/mol. The van der Waals surface area contributed by atoms with Crippen LogP contribution in [-0.2, 0) is 0 Å². The fourth-order valence-corrected chi connectivity index (χ4v) is 1.92. The van der Waals surface area contributed by atoms with Gasteiger partial charge in [0.05, 0.1) is 5.52 Å². The number of ether oxygens (including phenoxy) is 1. The van der Waals surface area contributed by atoms with E-state index in [0.29, 0.717) is 11.3 Å². The summed E-state index contributed by atoms with van der Waals surface area (Å²) in [4.78, 5) is 15.1. The number of hydrogen-bond donors (Lipinski definition) is 0. The first kappa shape index (κ1) is 11.4. The van der Waals surface area contributed by atoms with Crippen LogP contribution in [0.3, 0.4) is 0 Å². The van der Waals surface area contributed by atoms with Crippen molar-refractivity contribution in [3.8, 4) is 11.5 Å². The van der Waals surface area contributed by atoms with Crippen molar-refractivity contribution < 1.29 is 9.53 Å². The van der Waals surface area contributed by atoms with E-state index in [2.05, 4.69) is 4.98 Å². The summed E-state index contributed by atoms with van der Waals surface area (Å²) in [5.41, 5.74) is 1.41. The molecule has 0 aliphatic rings. The zero-order chi connectivity index (χ0) is 13.1. The van der Waals surface area contributed by atoms with E-state index in [1.165, 1.54) is 0 Å². The highest BCUT2D eigenvalue weighted by molar-refractivity contribution is 5.90. The third-order valence-corrected chi connectivity index (χ3v) is 2.83. The van der Waals surface area contributed by atoms with Crippen LogP contribution in [-0.4, -0.2) is 11.3 Å². The minimum absolute atomic E-state index is 0.610. The predicted octanol–water partition coefficient (Wildman–Crippen LogP) is 3.84. The molecule has 3 aromatic rings. The van der Waals surface area contributed by atoms with Gasteiger partial charge in [-0.3, -0.25) is 9.78 Å². The lowest BCUT2D eigenvalue weighted by Gasteiger charge is -2.08. The Balaban J connectivity index is 2.10. The van der Waals surface area contributed by atoms with Crippen LogP contribution in [0.25, 0.3) is 10.9 Å². The van der Waals surface area contributed by atoms with Crippen LogP contribution < -0.4 is 4.74 Å². The number of fused-ring (bicyclic) bond motifs is 1. The van der Waals surface area contributed by atoms with Crippen molar-refractivity contribution in [2.24, 2.45) is 0 Å². The lowest BCUT2D eigenvalue weighted by atomic mass is 10.1. The molecule has 0 aliphatic heterocycles. The number of nitrogens with zero attached hydrogens (tertiary/aromatic N) is 1. The first-order valence-electron chi connectivity index (χ1n) is 5.94. The molecule has 0 spiro atoms. The van der Waals surface area contributed by atoms with Gasteiger partial charge >= 0.3 is 0 Å². The molecule has 92 valence electrons. The van der Waals surface area contributed by atoms with Crippen LogP contribution in [0.5, 0.6) is 11.5 Å². The van der Waals surface area contributed by atoms with Crippen molar-refractivity contribution in [3.63, 3.8) is 0 Å². The van der Waals surface area contributed by atoms with Gasteiger partial charge in [0.1, 0.15) is 17.8 Å². The molecule has 0 saturated carbocycles. The molecule has 3 rings (SSSR count). The van der Waals surface area contributed by atoms with Crippen LogP contribution in [0.4, 0.5) is 0 Å². The molecule has 0 fully saturated rings. The monoisotopic (exact) mass is 249 g/mol. The highest BCUT2D eigenvalue weighted by Gasteiger charge is 2.05. The van der Waals surface area contributed by atoms with Crippen molar-refractivity contribution >= 4 is 17.2 Å². The fourth-order valence-electron chi connectivity index (χ4n) is 1.92. The number of hydrogen-bond acceptors (Lipinski definition) is 3. The van der Waals surface area contributed by atoms with Crippen molar-refractivity contribution in [2.45, 2.75) is 0 Å². The number of aldehydes is 1. The molecule has 0 saturated heterocycles. The molecule has 0 bridgehead atoms. The smallest absolute Gasteiger partial charge is 0.150 e. The Bertz CT molecular complexity index is 723. The lowest BCUT2D eigenvalue weighted by Crippen LogP contribution is -1.89. The molecule has 2 aromatic carbocycles. The van der Waals surface area contributed by atoms with Crippen LogP contribution in [0.2, 0.25) is 0 Å². The van der Waals surface area contributed by atoms with Gasteiger partial charge in [-0.15, -0.1) is 0 Å². The summed E-state index contributed by atoms with van der Waals surface area (Å²) in [6.07, 6.45) is 2.51. The minimum Gasteiger partial charge on any atom is -0.457 e. The quantitative estimate of drug-likeness (QED) is 0.662. The SMILES string of the molecule is O=Cc1ccc2nccc(Oc3ccccc3)c2c1. The first-order chi connectivity index (χ1) is 9.36. The highest BCUT2D eigenvalue weighted by atomic mass is 16.5. The maximum atomic E-state index is 10.9. The summed E-state index contributed by atoms with van der Waals surface area (Å²) < 4.78 is 5.84. The Kier molecular flexibility index (Phi) is 2.94. The van der Waals surface area contributed by atoms with Gasteiger partial charge in [-0.2, -0.15) is 0 Å². The number of carbonyl (C=O) groups is 1. The summed E-state index contributed by atoms with van der Waals surface area (Å²) in [5, 5.41) is 0.830. The molecular weight excluding hydrogens is 238 g/mol. The molecule has 0 atom stereocenters. The van der Waals surface area contributed by atoms with E-state index in [9.17, 15) is 4.79 Å². The van der Waals surface area contributed by atoms with Crippen LogP contribution in [0, 0.1) is 0 Å². The van der Waals surface area contributed by atoms with Gasteiger partial charge in [-0.1, -0.05) is 18.2 Å². The first-order valence-corrected chi connectivity index (χ1v) is 5.94. The number of rotatable bonds is 3. The molecule has 3 nitrogen and oxygen atoms in total. The van der Waals surface area contributed by atoms with Crippen LogP contribution >= 0.6 is 0 Å².